The van der Waals surface area contributed by atoms with Gasteiger partial charge in [0.05, 0.1) is 6.54 Å². The molecule has 2 aromatic rings. The number of rotatable bonds is 5. The van der Waals surface area contributed by atoms with Gasteiger partial charge >= 0.3 is 0 Å². The largest absolute Gasteiger partial charge is 0.464 e. The Labute approximate surface area is 121 Å². The van der Waals surface area contributed by atoms with E-state index in [1.54, 1.807) is 0 Å². The van der Waals surface area contributed by atoms with Crippen LogP contribution in [0.2, 0.25) is 0 Å². The molecule has 1 aliphatic carbocycles. The molecule has 106 valence electrons. The van der Waals surface area contributed by atoms with Crippen molar-refractivity contribution in [2.45, 2.75) is 45.7 Å². The molecule has 2 unspecified atom stereocenters. The highest BCUT2D eigenvalue weighted by molar-refractivity contribution is 5.24. The highest BCUT2D eigenvalue weighted by Gasteiger charge is 2.36. The third-order valence-electron chi connectivity index (χ3n) is 4.32. The number of nitrogens with one attached hydrogen (secondary N) is 1. The molecule has 1 aromatic carbocycles. The molecule has 0 aliphatic heterocycles. The highest BCUT2D eigenvalue weighted by Crippen LogP contribution is 2.47. The second-order valence-corrected chi connectivity index (χ2v) is 6.14. The molecule has 0 radical (unpaired) electrons. The summed E-state index contributed by atoms with van der Waals surface area (Å²) in [5.41, 5.74) is 2.62. The van der Waals surface area contributed by atoms with Crippen LogP contribution in [-0.2, 0) is 6.54 Å². The Bertz CT molecular complexity index is 569. The summed E-state index contributed by atoms with van der Waals surface area (Å²) >= 11 is 0. The monoisotopic (exact) mass is 269 g/mol. The van der Waals surface area contributed by atoms with E-state index in [-0.39, 0.29) is 0 Å². The highest BCUT2D eigenvalue weighted by atomic mass is 16.3. The van der Waals surface area contributed by atoms with E-state index in [1.807, 2.05) is 0 Å². The van der Waals surface area contributed by atoms with Crippen molar-refractivity contribution in [1.82, 2.24) is 5.32 Å². The third kappa shape index (κ3) is 2.96. The van der Waals surface area contributed by atoms with Gasteiger partial charge in [0, 0.05) is 12.0 Å². The number of benzene rings is 1. The van der Waals surface area contributed by atoms with Gasteiger partial charge in [-0.05, 0) is 43.9 Å². The molecule has 1 fully saturated rings. The van der Waals surface area contributed by atoms with E-state index in [0.29, 0.717) is 12.0 Å². The van der Waals surface area contributed by atoms with Crippen molar-refractivity contribution in [3.05, 3.63) is 59.0 Å². The molecule has 1 N–H and O–H groups in total. The van der Waals surface area contributed by atoms with Crippen LogP contribution in [0, 0.1) is 12.8 Å². The van der Waals surface area contributed by atoms with Crippen LogP contribution in [-0.4, -0.2) is 0 Å². The molecule has 1 heterocycles. The van der Waals surface area contributed by atoms with Gasteiger partial charge in [0.25, 0.3) is 0 Å². The number of furan rings is 1. The Kier molecular flexibility index (Phi) is 3.66. The molecule has 3 atom stereocenters. The van der Waals surface area contributed by atoms with E-state index in [4.69, 9.17) is 4.42 Å². The second kappa shape index (κ2) is 5.45. The van der Waals surface area contributed by atoms with Gasteiger partial charge in [0.2, 0.25) is 0 Å². The zero-order chi connectivity index (χ0) is 14.1. The fourth-order valence-corrected chi connectivity index (χ4v) is 2.63. The summed E-state index contributed by atoms with van der Waals surface area (Å²) in [7, 11) is 0. The summed E-state index contributed by atoms with van der Waals surface area (Å²) in [6, 6.07) is 13.3. The Balaban J connectivity index is 1.56. The summed E-state index contributed by atoms with van der Waals surface area (Å²) in [6.07, 6.45) is 1.28. The van der Waals surface area contributed by atoms with Crippen LogP contribution in [0.25, 0.3) is 0 Å². The third-order valence-corrected chi connectivity index (χ3v) is 4.32. The van der Waals surface area contributed by atoms with Gasteiger partial charge in [-0.2, -0.15) is 0 Å². The fourth-order valence-electron chi connectivity index (χ4n) is 2.63. The first-order valence-electron chi connectivity index (χ1n) is 7.52. The van der Waals surface area contributed by atoms with Gasteiger partial charge < -0.3 is 9.73 Å². The zero-order valence-electron chi connectivity index (χ0n) is 12.5. The van der Waals surface area contributed by atoms with Gasteiger partial charge in [-0.3, -0.25) is 0 Å². The minimum absolute atomic E-state index is 0.337. The molecule has 2 heteroatoms. The zero-order valence-corrected chi connectivity index (χ0v) is 12.5. The number of hydrogen-bond donors (Lipinski definition) is 1. The van der Waals surface area contributed by atoms with Crippen molar-refractivity contribution in [2.24, 2.45) is 5.92 Å². The van der Waals surface area contributed by atoms with E-state index < -0.39 is 0 Å². The molecule has 1 aromatic heterocycles. The molecule has 0 amide bonds. The summed E-state index contributed by atoms with van der Waals surface area (Å²) in [5, 5.41) is 3.52. The molecule has 3 rings (SSSR count). The Morgan fingerprint density at radius 3 is 2.55 bits per heavy atom. The van der Waals surface area contributed by atoms with Gasteiger partial charge in [-0.1, -0.05) is 36.8 Å². The molecule has 0 spiro atoms. The summed E-state index contributed by atoms with van der Waals surface area (Å²) in [6.45, 7) is 7.38. The maximum Gasteiger partial charge on any atom is 0.117 e. The van der Waals surface area contributed by atoms with E-state index in [1.165, 1.54) is 17.5 Å². The van der Waals surface area contributed by atoms with Crippen LogP contribution in [0.4, 0.5) is 0 Å². The first-order valence-corrected chi connectivity index (χ1v) is 7.52. The predicted octanol–water partition coefficient (Wildman–Crippen LogP) is 4.56. The molecule has 1 saturated carbocycles. The van der Waals surface area contributed by atoms with E-state index in [2.05, 4.69) is 62.5 Å². The van der Waals surface area contributed by atoms with Gasteiger partial charge in [0.15, 0.2) is 0 Å². The smallest absolute Gasteiger partial charge is 0.117 e. The summed E-state index contributed by atoms with van der Waals surface area (Å²) in [4.78, 5) is 0. The van der Waals surface area contributed by atoms with Gasteiger partial charge in [0.1, 0.15) is 11.5 Å². The van der Waals surface area contributed by atoms with Crippen molar-refractivity contribution in [3.8, 4) is 0 Å². The number of hydrogen-bond acceptors (Lipinski definition) is 2. The van der Waals surface area contributed by atoms with Gasteiger partial charge in [-0.15, -0.1) is 0 Å². The molecule has 0 saturated heterocycles. The van der Waals surface area contributed by atoms with Crippen LogP contribution in [0.1, 0.15) is 54.9 Å². The molecular formula is C18H23NO. The van der Waals surface area contributed by atoms with E-state index >= 15 is 0 Å². The van der Waals surface area contributed by atoms with Crippen LogP contribution in [0.15, 0.2) is 40.8 Å². The van der Waals surface area contributed by atoms with Crippen LogP contribution in [0.3, 0.4) is 0 Å². The van der Waals surface area contributed by atoms with Crippen molar-refractivity contribution >= 4 is 0 Å². The molecule has 2 nitrogen and oxygen atoms in total. The maximum absolute atomic E-state index is 5.92. The van der Waals surface area contributed by atoms with Crippen LogP contribution in [0.5, 0.6) is 0 Å². The standard InChI is InChI=1S/C18H23NO/c1-12-4-6-15(7-5-12)14(3)19-11-16-8-9-18(20-16)17-10-13(17)2/h4-9,13-14,17,19H,10-11H2,1-3H3/t13?,14-,17?/m0/s1. The Morgan fingerprint density at radius 1 is 1.20 bits per heavy atom. The Hall–Kier alpha value is -1.54. The maximum atomic E-state index is 5.92. The predicted molar refractivity (Wildman–Crippen MR) is 81.7 cm³/mol. The average molecular weight is 269 g/mol. The molecule has 20 heavy (non-hydrogen) atoms. The minimum atomic E-state index is 0.337. The van der Waals surface area contributed by atoms with Crippen molar-refractivity contribution in [3.63, 3.8) is 0 Å². The average Bonchev–Trinajstić information content (AvgIpc) is 3.00. The second-order valence-electron chi connectivity index (χ2n) is 6.14. The van der Waals surface area contributed by atoms with Crippen molar-refractivity contribution in [1.29, 1.82) is 0 Å². The molecule has 0 bridgehead atoms. The van der Waals surface area contributed by atoms with Crippen LogP contribution < -0.4 is 5.32 Å². The summed E-state index contributed by atoms with van der Waals surface area (Å²) < 4.78 is 5.92. The lowest BCUT2D eigenvalue weighted by Crippen LogP contribution is -2.17. The first kappa shape index (κ1) is 13.4. The number of aryl methyl sites for hydroxylation is 1. The summed E-state index contributed by atoms with van der Waals surface area (Å²) in [5.74, 6) is 3.67. The lowest BCUT2D eigenvalue weighted by molar-refractivity contribution is 0.430. The molecule has 1 aliphatic rings. The van der Waals surface area contributed by atoms with Crippen molar-refractivity contribution in [2.75, 3.05) is 0 Å². The minimum Gasteiger partial charge on any atom is -0.464 e. The first-order chi connectivity index (χ1) is 9.63. The quantitative estimate of drug-likeness (QED) is 0.860. The Morgan fingerprint density at radius 2 is 1.90 bits per heavy atom. The normalized spacial score (nSPS) is 22.8. The molecular weight excluding hydrogens is 246 g/mol. The van der Waals surface area contributed by atoms with Crippen molar-refractivity contribution < 1.29 is 4.42 Å². The van der Waals surface area contributed by atoms with E-state index in [0.717, 1.165) is 24.0 Å². The van der Waals surface area contributed by atoms with Crippen LogP contribution >= 0.6 is 0 Å². The van der Waals surface area contributed by atoms with E-state index in [9.17, 15) is 0 Å². The lowest BCUT2D eigenvalue weighted by Gasteiger charge is -2.13. The topological polar surface area (TPSA) is 25.2 Å². The fraction of sp³-hybridized carbons (Fsp3) is 0.444. The SMILES string of the molecule is Cc1ccc([C@H](C)NCc2ccc(C3CC3C)o2)cc1. The van der Waals surface area contributed by atoms with Gasteiger partial charge in [-0.25, -0.2) is 0 Å². The lowest BCUT2D eigenvalue weighted by atomic mass is 10.1.